The van der Waals surface area contributed by atoms with Crippen LogP contribution in [0.4, 0.5) is 10.1 Å². The Morgan fingerprint density at radius 3 is 2.26 bits per heavy atom. The predicted molar refractivity (Wildman–Crippen MR) is 161 cm³/mol. The first-order valence-electron chi connectivity index (χ1n) is 14.9. The highest BCUT2D eigenvalue weighted by molar-refractivity contribution is 7.12. The number of ether oxygens (including phenoxy) is 1. The van der Waals surface area contributed by atoms with Gasteiger partial charge >= 0.3 is 0 Å². The second-order valence-electron chi connectivity index (χ2n) is 10.3. The maximum Gasteiger partial charge on any atom is 0.269 e. The van der Waals surface area contributed by atoms with Gasteiger partial charge in [-0.15, -0.1) is 0 Å². The van der Waals surface area contributed by atoms with Crippen LogP contribution in [0.3, 0.4) is 0 Å². The molecular formula is C33H46FN2O2S+. The molecule has 0 radical (unpaired) electrons. The number of carbonyl (C=O) groups excluding carboxylic acids is 1. The molecule has 0 saturated carbocycles. The van der Waals surface area contributed by atoms with Crippen LogP contribution in [0.1, 0.15) is 96.5 Å². The summed E-state index contributed by atoms with van der Waals surface area (Å²) < 4.78 is 22.4. The van der Waals surface area contributed by atoms with E-state index < -0.39 is 5.82 Å². The van der Waals surface area contributed by atoms with Crippen LogP contribution in [0.5, 0.6) is 5.75 Å². The number of anilines is 1. The van der Waals surface area contributed by atoms with Crippen molar-refractivity contribution in [1.82, 2.24) is 0 Å². The quantitative estimate of drug-likeness (QED) is 0.119. The van der Waals surface area contributed by atoms with Gasteiger partial charge in [-0.1, -0.05) is 101 Å². The smallest absolute Gasteiger partial charge is 0.269 e. The molecule has 39 heavy (non-hydrogen) atoms. The number of hydrogen-bond acceptors (Lipinski definition) is 3. The molecule has 212 valence electrons. The zero-order chi connectivity index (χ0) is 27.7. The van der Waals surface area contributed by atoms with Gasteiger partial charge in [-0.2, -0.15) is 4.57 Å². The third kappa shape index (κ3) is 11.1. The molecule has 0 spiro atoms. The standard InChI is InChI=1S/C33H45FN2O2S/c1-3-5-6-7-8-9-10-11-12-13-14-15-22-38-31-20-19-27(24-30(31)34)25-32(37)35-29-18-16-17-28(26-29)33-36(4-2)21-23-39-33/h16-21,23-24,26H,3-15,22,25H2,1-2H3/p+1. The van der Waals surface area contributed by atoms with Crippen molar-refractivity contribution < 1.29 is 18.5 Å². The van der Waals surface area contributed by atoms with Gasteiger partial charge in [0, 0.05) is 5.69 Å². The van der Waals surface area contributed by atoms with E-state index in [1.807, 2.05) is 24.3 Å². The summed E-state index contributed by atoms with van der Waals surface area (Å²) in [5, 5.41) is 6.16. The van der Waals surface area contributed by atoms with Crippen molar-refractivity contribution >= 4 is 22.9 Å². The topological polar surface area (TPSA) is 42.2 Å². The van der Waals surface area contributed by atoms with Crippen molar-refractivity contribution in [2.45, 2.75) is 104 Å². The Kier molecular flexibility index (Phi) is 14.0. The number of aryl methyl sites for hydroxylation is 1. The first kappa shape index (κ1) is 30.8. The molecule has 4 nitrogen and oxygen atoms in total. The number of aromatic nitrogens is 1. The van der Waals surface area contributed by atoms with Gasteiger partial charge in [0.15, 0.2) is 17.8 Å². The molecule has 6 heteroatoms. The lowest BCUT2D eigenvalue weighted by atomic mass is 10.1. The van der Waals surface area contributed by atoms with Gasteiger partial charge in [-0.25, -0.2) is 4.39 Å². The van der Waals surface area contributed by atoms with Crippen LogP contribution in [-0.2, 0) is 17.8 Å². The Labute approximate surface area is 238 Å². The number of thiazole rings is 1. The monoisotopic (exact) mass is 553 g/mol. The van der Waals surface area contributed by atoms with Gasteiger partial charge in [0.05, 0.1) is 24.0 Å². The summed E-state index contributed by atoms with van der Waals surface area (Å²) in [6.07, 6.45) is 17.6. The Hall–Kier alpha value is -2.73. The molecular weight excluding hydrogens is 507 g/mol. The maximum absolute atomic E-state index is 14.6. The van der Waals surface area contributed by atoms with Gasteiger partial charge in [-0.3, -0.25) is 4.79 Å². The van der Waals surface area contributed by atoms with Crippen molar-refractivity contribution in [1.29, 1.82) is 0 Å². The van der Waals surface area contributed by atoms with Gasteiger partial charge in [0.2, 0.25) is 5.91 Å². The minimum atomic E-state index is -0.414. The number of hydrogen-bond donors (Lipinski definition) is 1. The molecule has 0 aliphatic rings. The summed E-state index contributed by atoms with van der Waals surface area (Å²) in [4.78, 5) is 12.6. The fraction of sp³-hybridized carbons (Fsp3) is 0.515. The molecule has 0 bridgehead atoms. The van der Waals surface area contributed by atoms with E-state index in [0.29, 0.717) is 12.2 Å². The van der Waals surface area contributed by atoms with Crippen LogP contribution in [-0.4, -0.2) is 12.5 Å². The van der Waals surface area contributed by atoms with Crippen molar-refractivity contribution in [2.24, 2.45) is 0 Å². The van der Waals surface area contributed by atoms with Crippen molar-refractivity contribution in [3.8, 4) is 16.3 Å². The highest BCUT2D eigenvalue weighted by atomic mass is 32.1. The molecule has 0 aliphatic heterocycles. The van der Waals surface area contributed by atoms with Crippen LogP contribution in [0, 0.1) is 5.82 Å². The van der Waals surface area contributed by atoms with Gasteiger partial charge in [-0.05, 0) is 49.2 Å². The molecule has 0 fully saturated rings. The predicted octanol–water partition coefficient (Wildman–Crippen LogP) is 9.12. The molecule has 3 rings (SSSR count). The molecule has 0 unspecified atom stereocenters. The van der Waals surface area contributed by atoms with E-state index >= 15 is 0 Å². The summed E-state index contributed by atoms with van der Waals surface area (Å²) in [7, 11) is 0. The number of rotatable bonds is 19. The Balaban J connectivity index is 1.33. The molecule has 2 aromatic carbocycles. The van der Waals surface area contributed by atoms with Gasteiger partial charge in [0.25, 0.3) is 5.01 Å². The number of carbonyl (C=O) groups is 1. The first-order valence-corrected chi connectivity index (χ1v) is 15.8. The minimum absolute atomic E-state index is 0.105. The highest BCUT2D eigenvalue weighted by Crippen LogP contribution is 2.24. The number of unbranched alkanes of at least 4 members (excludes halogenated alkanes) is 11. The molecule has 0 saturated heterocycles. The molecule has 0 atom stereocenters. The Bertz CT molecular complexity index is 1130. The molecule has 3 aromatic rings. The fourth-order valence-electron chi connectivity index (χ4n) is 4.80. The van der Waals surface area contributed by atoms with E-state index in [1.165, 1.54) is 70.3 Å². The van der Waals surface area contributed by atoms with Gasteiger partial charge < -0.3 is 10.1 Å². The van der Waals surface area contributed by atoms with E-state index in [4.69, 9.17) is 4.74 Å². The molecule has 1 heterocycles. The second-order valence-corrected chi connectivity index (χ2v) is 11.2. The second kappa shape index (κ2) is 17.8. The third-order valence-corrected chi connectivity index (χ3v) is 7.98. The normalized spacial score (nSPS) is 11.1. The Morgan fingerprint density at radius 2 is 1.59 bits per heavy atom. The number of amides is 1. The van der Waals surface area contributed by atoms with Crippen molar-refractivity contribution in [3.63, 3.8) is 0 Å². The van der Waals surface area contributed by atoms with Crippen LogP contribution < -0.4 is 14.6 Å². The molecule has 0 aliphatic carbocycles. The summed E-state index contributed by atoms with van der Waals surface area (Å²) >= 11 is 1.67. The number of nitrogens with one attached hydrogen (secondary N) is 1. The first-order chi connectivity index (χ1) is 19.1. The van der Waals surface area contributed by atoms with E-state index in [1.54, 1.807) is 23.5 Å². The van der Waals surface area contributed by atoms with E-state index in [2.05, 4.69) is 35.3 Å². The number of halogens is 1. The number of benzene rings is 2. The summed E-state index contributed by atoms with van der Waals surface area (Å²) in [6.45, 7) is 5.78. The fourth-order valence-corrected chi connectivity index (χ4v) is 5.73. The maximum atomic E-state index is 14.6. The lowest BCUT2D eigenvalue weighted by Gasteiger charge is -2.10. The average Bonchev–Trinajstić information content (AvgIpc) is 3.41. The van der Waals surface area contributed by atoms with Crippen molar-refractivity contribution in [3.05, 3.63) is 65.4 Å². The number of nitrogens with zero attached hydrogens (tertiary/aromatic N) is 1. The van der Waals surface area contributed by atoms with E-state index in [-0.39, 0.29) is 18.1 Å². The van der Waals surface area contributed by atoms with Gasteiger partial charge in [0.1, 0.15) is 6.54 Å². The average molecular weight is 554 g/mol. The van der Waals surface area contributed by atoms with Crippen LogP contribution >= 0.6 is 11.3 Å². The zero-order valence-corrected chi connectivity index (χ0v) is 24.7. The summed E-state index contributed by atoms with van der Waals surface area (Å²) in [5.74, 6) is -0.329. The van der Waals surface area contributed by atoms with Crippen LogP contribution in [0.2, 0.25) is 0 Å². The van der Waals surface area contributed by atoms with E-state index in [0.717, 1.165) is 35.6 Å². The Morgan fingerprint density at radius 1 is 0.897 bits per heavy atom. The van der Waals surface area contributed by atoms with Crippen molar-refractivity contribution in [2.75, 3.05) is 11.9 Å². The lowest BCUT2D eigenvalue weighted by Crippen LogP contribution is -2.31. The third-order valence-electron chi connectivity index (χ3n) is 7.03. The SMILES string of the molecule is CCCCCCCCCCCCCCOc1ccc(CC(=O)Nc2cccc(-c3scc[n+]3CC)c2)cc1F. The summed E-state index contributed by atoms with van der Waals surface area (Å²) in [6, 6.07) is 12.6. The minimum Gasteiger partial charge on any atom is -0.491 e. The molecule has 1 N–H and O–H groups in total. The largest absolute Gasteiger partial charge is 0.491 e. The lowest BCUT2D eigenvalue weighted by molar-refractivity contribution is -0.678. The highest BCUT2D eigenvalue weighted by Gasteiger charge is 2.14. The summed E-state index contributed by atoms with van der Waals surface area (Å²) in [5.41, 5.74) is 2.42. The molecule has 1 amide bonds. The zero-order valence-electron chi connectivity index (χ0n) is 23.9. The van der Waals surface area contributed by atoms with E-state index in [9.17, 15) is 9.18 Å². The van der Waals surface area contributed by atoms with Crippen LogP contribution in [0.15, 0.2) is 54.0 Å². The molecule has 1 aromatic heterocycles. The van der Waals surface area contributed by atoms with Crippen LogP contribution in [0.25, 0.3) is 10.6 Å².